The summed E-state index contributed by atoms with van der Waals surface area (Å²) in [6, 6.07) is 2.00. The first-order valence-corrected chi connectivity index (χ1v) is 8.24. The third-order valence-corrected chi connectivity index (χ3v) is 4.59. The van der Waals surface area contributed by atoms with Crippen LogP contribution < -0.4 is 11.2 Å². The van der Waals surface area contributed by atoms with Crippen molar-refractivity contribution in [1.82, 2.24) is 18.9 Å². The third-order valence-electron chi connectivity index (χ3n) is 4.59. The molecule has 23 heavy (non-hydrogen) atoms. The Morgan fingerprint density at radius 2 is 1.96 bits per heavy atom. The average molecular weight is 324 g/mol. The summed E-state index contributed by atoms with van der Waals surface area (Å²) in [5.74, 6) is 0. The van der Waals surface area contributed by atoms with Gasteiger partial charge in [0, 0.05) is 71.2 Å². The zero-order chi connectivity index (χ0) is 17.0. The van der Waals surface area contributed by atoms with Crippen LogP contribution in [0.5, 0.6) is 0 Å². The Morgan fingerprint density at radius 3 is 2.61 bits per heavy atom. The SMILES string of the molecule is CCOCCN1CCN(Cc2cc(=O)n(C)c(=O)n2C)CC1C. The highest BCUT2D eigenvalue weighted by molar-refractivity contribution is 5.02. The van der Waals surface area contributed by atoms with Gasteiger partial charge in [-0.05, 0) is 13.8 Å². The summed E-state index contributed by atoms with van der Waals surface area (Å²) in [5.41, 5.74) is 0.260. The molecule has 0 aromatic carbocycles. The smallest absolute Gasteiger partial charge is 0.330 e. The first-order valence-electron chi connectivity index (χ1n) is 8.24. The molecule has 1 aliphatic heterocycles. The van der Waals surface area contributed by atoms with Crippen molar-refractivity contribution in [3.05, 3.63) is 32.6 Å². The van der Waals surface area contributed by atoms with Gasteiger partial charge in [0.1, 0.15) is 0 Å². The van der Waals surface area contributed by atoms with E-state index in [1.807, 2.05) is 6.92 Å². The van der Waals surface area contributed by atoms with E-state index in [1.54, 1.807) is 17.7 Å². The Morgan fingerprint density at radius 1 is 1.22 bits per heavy atom. The molecule has 2 heterocycles. The van der Waals surface area contributed by atoms with E-state index < -0.39 is 0 Å². The molecule has 7 heteroatoms. The lowest BCUT2D eigenvalue weighted by molar-refractivity contribution is 0.0457. The molecule has 0 spiro atoms. The van der Waals surface area contributed by atoms with Gasteiger partial charge < -0.3 is 4.74 Å². The van der Waals surface area contributed by atoms with E-state index in [2.05, 4.69) is 16.7 Å². The third kappa shape index (κ3) is 4.31. The Hall–Kier alpha value is -1.44. The van der Waals surface area contributed by atoms with Crippen LogP contribution in [-0.4, -0.2) is 64.4 Å². The van der Waals surface area contributed by atoms with E-state index in [1.165, 1.54) is 7.05 Å². The van der Waals surface area contributed by atoms with Crippen LogP contribution in [0.4, 0.5) is 0 Å². The average Bonchev–Trinajstić information content (AvgIpc) is 2.53. The fourth-order valence-electron chi connectivity index (χ4n) is 3.03. The lowest BCUT2D eigenvalue weighted by Crippen LogP contribution is -2.52. The van der Waals surface area contributed by atoms with Crippen LogP contribution in [0, 0.1) is 0 Å². The predicted molar refractivity (Wildman–Crippen MR) is 89.7 cm³/mol. The molecule has 0 saturated carbocycles. The van der Waals surface area contributed by atoms with Crippen LogP contribution in [0.25, 0.3) is 0 Å². The number of ether oxygens (including phenoxy) is 1. The summed E-state index contributed by atoms with van der Waals surface area (Å²) in [5, 5.41) is 0. The Bertz CT molecular complexity index is 637. The number of hydrogen-bond donors (Lipinski definition) is 0. The van der Waals surface area contributed by atoms with Crippen LogP contribution in [0.1, 0.15) is 19.5 Å². The Labute approximate surface area is 137 Å². The molecule has 1 fully saturated rings. The summed E-state index contributed by atoms with van der Waals surface area (Å²) in [6.45, 7) is 10.2. The quantitative estimate of drug-likeness (QED) is 0.668. The van der Waals surface area contributed by atoms with Crippen molar-refractivity contribution in [1.29, 1.82) is 0 Å². The number of hydrogen-bond acceptors (Lipinski definition) is 5. The van der Waals surface area contributed by atoms with Gasteiger partial charge >= 0.3 is 5.69 Å². The van der Waals surface area contributed by atoms with E-state index in [9.17, 15) is 9.59 Å². The lowest BCUT2D eigenvalue weighted by atomic mass is 10.2. The van der Waals surface area contributed by atoms with Gasteiger partial charge in [0.05, 0.1) is 6.61 Å². The molecule has 1 saturated heterocycles. The van der Waals surface area contributed by atoms with Gasteiger partial charge in [-0.3, -0.25) is 23.7 Å². The maximum absolute atomic E-state index is 12.0. The molecular formula is C16H28N4O3. The van der Waals surface area contributed by atoms with Gasteiger partial charge in [0.2, 0.25) is 0 Å². The molecule has 1 atom stereocenters. The molecule has 1 aromatic heterocycles. The van der Waals surface area contributed by atoms with Gasteiger partial charge in [0.25, 0.3) is 5.56 Å². The monoisotopic (exact) mass is 324 g/mol. The van der Waals surface area contributed by atoms with Crippen LogP contribution in [-0.2, 0) is 25.4 Å². The van der Waals surface area contributed by atoms with Crippen molar-refractivity contribution >= 4 is 0 Å². The molecule has 1 unspecified atom stereocenters. The summed E-state index contributed by atoms with van der Waals surface area (Å²) >= 11 is 0. The summed E-state index contributed by atoms with van der Waals surface area (Å²) in [7, 11) is 3.23. The van der Waals surface area contributed by atoms with Gasteiger partial charge in [-0.15, -0.1) is 0 Å². The second-order valence-electron chi connectivity index (χ2n) is 6.19. The zero-order valence-corrected chi connectivity index (χ0v) is 14.6. The highest BCUT2D eigenvalue weighted by Crippen LogP contribution is 2.11. The molecule has 7 nitrogen and oxygen atoms in total. The summed E-state index contributed by atoms with van der Waals surface area (Å²) in [4.78, 5) is 28.6. The van der Waals surface area contributed by atoms with Crippen molar-refractivity contribution in [2.45, 2.75) is 26.4 Å². The normalized spacial score (nSPS) is 20.1. The molecule has 0 bridgehead atoms. The maximum Gasteiger partial charge on any atom is 0.330 e. The number of piperazine rings is 1. The first-order chi connectivity index (χ1) is 10.9. The van der Waals surface area contributed by atoms with Gasteiger partial charge in [0.15, 0.2) is 0 Å². The zero-order valence-electron chi connectivity index (χ0n) is 14.6. The van der Waals surface area contributed by atoms with Crippen LogP contribution in [0.15, 0.2) is 15.7 Å². The topological polar surface area (TPSA) is 59.7 Å². The highest BCUT2D eigenvalue weighted by Gasteiger charge is 2.24. The minimum atomic E-state index is -0.268. The highest BCUT2D eigenvalue weighted by atomic mass is 16.5. The lowest BCUT2D eigenvalue weighted by Gasteiger charge is -2.39. The van der Waals surface area contributed by atoms with Crippen molar-refractivity contribution in [2.24, 2.45) is 14.1 Å². The summed E-state index contributed by atoms with van der Waals surface area (Å²) < 4.78 is 8.13. The van der Waals surface area contributed by atoms with Crippen LogP contribution in [0.3, 0.4) is 0 Å². The molecule has 1 aromatic rings. The van der Waals surface area contributed by atoms with Gasteiger partial charge in [-0.1, -0.05) is 0 Å². The van der Waals surface area contributed by atoms with Crippen molar-refractivity contribution < 1.29 is 4.74 Å². The second-order valence-corrected chi connectivity index (χ2v) is 6.19. The standard InChI is InChI=1S/C16H28N4O3/c1-5-23-9-8-20-7-6-19(11-13(20)2)12-14-10-15(21)18(4)16(22)17(14)3/h10,13H,5-9,11-12H2,1-4H3. The minimum absolute atomic E-state index is 0.244. The molecule has 0 amide bonds. The first kappa shape index (κ1) is 17.9. The van der Waals surface area contributed by atoms with Gasteiger partial charge in [-0.2, -0.15) is 0 Å². The molecule has 2 rings (SSSR count). The minimum Gasteiger partial charge on any atom is -0.380 e. The Kier molecular flexibility index (Phi) is 6.15. The number of aromatic nitrogens is 2. The molecule has 0 N–H and O–H groups in total. The Balaban J connectivity index is 1.99. The molecule has 0 aliphatic carbocycles. The molecule has 130 valence electrons. The summed E-state index contributed by atoms with van der Waals surface area (Å²) in [6.07, 6.45) is 0. The van der Waals surface area contributed by atoms with E-state index in [-0.39, 0.29) is 11.2 Å². The van der Waals surface area contributed by atoms with E-state index in [0.29, 0.717) is 12.6 Å². The van der Waals surface area contributed by atoms with Gasteiger partial charge in [-0.25, -0.2) is 4.79 Å². The molecule has 0 radical (unpaired) electrons. The predicted octanol–water partition coefficient (Wildman–Crippen LogP) is -0.373. The van der Waals surface area contributed by atoms with E-state index in [4.69, 9.17) is 4.74 Å². The van der Waals surface area contributed by atoms with Crippen LogP contribution >= 0.6 is 0 Å². The second kappa shape index (κ2) is 7.90. The van der Waals surface area contributed by atoms with E-state index >= 15 is 0 Å². The number of nitrogens with zero attached hydrogens (tertiary/aromatic N) is 4. The van der Waals surface area contributed by atoms with E-state index in [0.717, 1.165) is 49.7 Å². The molecular weight excluding hydrogens is 296 g/mol. The fourth-order valence-corrected chi connectivity index (χ4v) is 3.03. The number of rotatable bonds is 6. The van der Waals surface area contributed by atoms with Crippen molar-refractivity contribution in [2.75, 3.05) is 39.4 Å². The fraction of sp³-hybridized carbons (Fsp3) is 0.750. The maximum atomic E-state index is 12.0. The molecule has 1 aliphatic rings. The van der Waals surface area contributed by atoms with Crippen molar-refractivity contribution in [3.63, 3.8) is 0 Å². The van der Waals surface area contributed by atoms with Crippen molar-refractivity contribution in [3.8, 4) is 0 Å². The van der Waals surface area contributed by atoms with Crippen LogP contribution in [0.2, 0.25) is 0 Å². The largest absolute Gasteiger partial charge is 0.380 e.